The number of hydrogen-bond donors (Lipinski definition) is 2. The fourth-order valence-corrected chi connectivity index (χ4v) is 5.03. The molecule has 0 bridgehead atoms. The van der Waals surface area contributed by atoms with Crippen LogP contribution in [0.2, 0.25) is 5.02 Å². The van der Waals surface area contributed by atoms with Gasteiger partial charge in [-0.25, -0.2) is 0 Å². The molecule has 1 aliphatic heterocycles. The number of carbonyl (C=O) groups excluding carboxylic acids is 1. The van der Waals surface area contributed by atoms with Crippen LogP contribution in [0.1, 0.15) is 52.6 Å². The van der Waals surface area contributed by atoms with Gasteiger partial charge in [-0.1, -0.05) is 30.2 Å². The molecule has 1 unspecified atom stereocenters. The lowest BCUT2D eigenvalue weighted by atomic mass is 9.95. The highest BCUT2D eigenvalue weighted by Gasteiger charge is 2.29. The number of nitrogens with zero attached hydrogens (tertiary/aromatic N) is 2. The summed E-state index contributed by atoms with van der Waals surface area (Å²) >= 11 is 6.07. The first-order valence-corrected chi connectivity index (χ1v) is 11.8. The minimum atomic E-state index is -0.178. The number of hydrogen-bond acceptors (Lipinski definition) is 3. The molecule has 1 amide bonds. The largest absolute Gasteiger partial charge is 0.358 e. The van der Waals surface area contributed by atoms with Gasteiger partial charge in [-0.2, -0.15) is 0 Å². The maximum atomic E-state index is 12.8. The van der Waals surface area contributed by atoms with Gasteiger partial charge >= 0.3 is 0 Å². The molecule has 1 aliphatic rings. The number of likely N-dealkylation sites (tertiary alicyclic amines) is 1. The number of aromatic amines is 1. The highest BCUT2D eigenvalue weighted by atomic mass is 35.5. The van der Waals surface area contributed by atoms with E-state index < -0.39 is 0 Å². The number of anilines is 1. The number of fused-ring (bicyclic) bond motifs is 1. The quantitative estimate of drug-likeness (QED) is 0.366. The summed E-state index contributed by atoms with van der Waals surface area (Å²) in [5.41, 5.74) is 5.76. The summed E-state index contributed by atoms with van der Waals surface area (Å²) in [5, 5.41) is 4.68. The molecule has 168 valence electrons. The van der Waals surface area contributed by atoms with Gasteiger partial charge in [-0.3, -0.25) is 14.7 Å². The molecule has 6 heteroatoms. The molecule has 0 aliphatic carbocycles. The zero-order valence-corrected chi connectivity index (χ0v) is 19.4. The number of aromatic nitrogens is 2. The van der Waals surface area contributed by atoms with Crippen LogP contribution in [0.3, 0.4) is 0 Å². The number of pyridine rings is 1. The van der Waals surface area contributed by atoms with Crippen molar-refractivity contribution in [1.82, 2.24) is 14.9 Å². The summed E-state index contributed by atoms with van der Waals surface area (Å²) in [6.45, 7) is 4.23. The summed E-state index contributed by atoms with van der Waals surface area (Å²) in [5.74, 6) is -0.178. The van der Waals surface area contributed by atoms with Crippen LogP contribution in [0, 0.1) is 6.92 Å². The van der Waals surface area contributed by atoms with Gasteiger partial charge in [0.2, 0.25) is 0 Å². The number of H-pyrrole nitrogens is 1. The van der Waals surface area contributed by atoms with E-state index in [9.17, 15) is 4.79 Å². The van der Waals surface area contributed by atoms with Crippen molar-refractivity contribution in [2.75, 3.05) is 18.4 Å². The summed E-state index contributed by atoms with van der Waals surface area (Å²) in [4.78, 5) is 23.6. The van der Waals surface area contributed by atoms with Crippen molar-refractivity contribution in [3.05, 3.63) is 94.4 Å². The highest BCUT2D eigenvalue weighted by molar-refractivity contribution is 6.31. The maximum Gasteiger partial charge on any atom is 0.255 e. The fraction of sp³-hybridized carbons (Fsp3) is 0.259. The lowest BCUT2D eigenvalue weighted by Crippen LogP contribution is -2.35. The van der Waals surface area contributed by atoms with Crippen LogP contribution >= 0.6 is 11.6 Å². The molecule has 2 aromatic heterocycles. The Kier molecular flexibility index (Phi) is 6.16. The van der Waals surface area contributed by atoms with E-state index in [1.165, 1.54) is 24.8 Å². The zero-order chi connectivity index (χ0) is 22.8. The second-order valence-electron chi connectivity index (χ2n) is 8.64. The van der Waals surface area contributed by atoms with Crippen molar-refractivity contribution in [2.24, 2.45) is 0 Å². The summed E-state index contributed by atoms with van der Waals surface area (Å²) in [6, 6.07) is 19.2. The number of aryl methyl sites for hydroxylation is 1. The highest BCUT2D eigenvalue weighted by Crippen LogP contribution is 2.37. The fourth-order valence-electron chi connectivity index (χ4n) is 4.84. The normalized spacial score (nSPS) is 15.5. The van der Waals surface area contributed by atoms with E-state index in [1.807, 2.05) is 24.4 Å². The first-order chi connectivity index (χ1) is 16.1. The molecule has 4 aromatic rings. The Bertz CT molecular complexity index is 1280. The molecule has 0 saturated carbocycles. The molecule has 1 saturated heterocycles. The minimum Gasteiger partial charge on any atom is -0.358 e. The van der Waals surface area contributed by atoms with Crippen LogP contribution in [-0.2, 0) is 0 Å². The van der Waals surface area contributed by atoms with Gasteiger partial charge in [0.15, 0.2) is 0 Å². The molecule has 3 heterocycles. The number of rotatable bonds is 5. The Balaban J connectivity index is 1.55. The maximum absolute atomic E-state index is 12.8. The number of benzene rings is 2. The van der Waals surface area contributed by atoms with Crippen molar-refractivity contribution in [3.63, 3.8) is 0 Å². The van der Waals surface area contributed by atoms with E-state index in [4.69, 9.17) is 16.6 Å². The lowest BCUT2D eigenvalue weighted by Gasteiger charge is -2.34. The van der Waals surface area contributed by atoms with Gasteiger partial charge in [-0.05, 0) is 81.4 Å². The lowest BCUT2D eigenvalue weighted by molar-refractivity contribution is 0.102. The van der Waals surface area contributed by atoms with Crippen LogP contribution in [-0.4, -0.2) is 33.9 Å². The average molecular weight is 459 g/mol. The van der Waals surface area contributed by atoms with Gasteiger partial charge in [0.1, 0.15) is 0 Å². The van der Waals surface area contributed by atoms with E-state index >= 15 is 0 Å². The minimum absolute atomic E-state index is 0.0686. The van der Waals surface area contributed by atoms with Crippen LogP contribution in [0.25, 0.3) is 10.9 Å². The van der Waals surface area contributed by atoms with Crippen LogP contribution in [0.4, 0.5) is 5.69 Å². The van der Waals surface area contributed by atoms with Gasteiger partial charge in [0.05, 0.1) is 11.7 Å². The number of halogens is 1. The Morgan fingerprint density at radius 1 is 1.06 bits per heavy atom. The molecular formula is C27H27ClN4O. The Labute approximate surface area is 198 Å². The Hall–Kier alpha value is -3.15. The monoisotopic (exact) mass is 458 g/mol. The van der Waals surface area contributed by atoms with Crippen LogP contribution < -0.4 is 5.32 Å². The van der Waals surface area contributed by atoms with Crippen molar-refractivity contribution in [2.45, 2.75) is 32.2 Å². The number of carbonyl (C=O) groups is 1. The molecule has 2 N–H and O–H groups in total. The van der Waals surface area contributed by atoms with Gasteiger partial charge < -0.3 is 10.3 Å². The standard InChI is InChI=1S/C27H27ClN4O/c1-18-25(26(24-10-3-4-13-29-24)32-14-5-2-6-15-32)22-17-21(11-12-23(22)30-18)31-27(33)19-8-7-9-20(28)16-19/h3-4,7-13,16-17,26,30H,2,5-6,14-15H2,1H3,(H,31,33). The van der Waals surface area contributed by atoms with Crippen molar-refractivity contribution in [3.8, 4) is 0 Å². The molecule has 5 nitrogen and oxygen atoms in total. The molecule has 0 radical (unpaired) electrons. The van der Waals surface area contributed by atoms with Crippen molar-refractivity contribution >= 4 is 34.1 Å². The Morgan fingerprint density at radius 3 is 2.67 bits per heavy atom. The molecule has 2 aromatic carbocycles. The van der Waals surface area contributed by atoms with Gasteiger partial charge in [0, 0.05) is 44.6 Å². The predicted molar refractivity (Wildman–Crippen MR) is 134 cm³/mol. The summed E-state index contributed by atoms with van der Waals surface area (Å²) in [6.07, 6.45) is 5.54. The molecular weight excluding hydrogens is 432 g/mol. The summed E-state index contributed by atoms with van der Waals surface area (Å²) < 4.78 is 0. The second-order valence-corrected chi connectivity index (χ2v) is 9.08. The number of piperidine rings is 1. The number of nitrogens with one attached hydrogen (secondary N) is 2. The SMILES string of the molecule is Cc1[nH]c2ccc(NC(=O)c3cccc(Cl)c3)cc2c1C(c1ccccn1)N1CCCCC1. The van der Waals surface area contributed by atoms with Gasteiger partial charge in [-0.15, -0.1) is 0 Å². The molecule has 33 heavy (non-hydrogen) atoms. The zero-order valence-electron chi connectivity index (χ0n) is 18.6. The Morgan fingerprint density at radius 2 is 1.91 bits per heavy atom. The van der Waals surface area contributed by atoms with Crippen LogP contribution in [0.15, 0.2) is 66.9 Å². The van der Waals surface area contributed by atoms with E-state index in [0.29, 0.717) is 10.6 Å². The molecule has 1 fully saturated rings. The molecule has 1 atom stereocenters. The first-order valence-electron chi connectivity index (χ1n) is 11.4. The third kappa shape index (κ3) is 4.52. The summed E-state index contributed by atoms with van der Waals surface area (Å²) in [7, 11) is 0. The smallest absolute Gasteiger partial charge is 0.255 e. The topological polar surface area (TPSA) is 61.0 Å². The van der Waals surface area contributed by atoms with E-state index in [2.05, 4.69) is 40.3 Å². The predicted octanol–water partition coefficient (Wildman–Crippen LogP) is 6.35. The van der Waals surface area contributed by atoms with E-state index in [-0.39, 0.29) is 11.9 Å². The van der Waals surface area contributed by atoms with E-state index in [0.717, 1.165) is 41.1 Å². The molecule has 0 spiro atoms. The average Bonchev–Trinajstić information content (AvgIpc) is 3.16. The van der Waals surface area contributed by atoms with E-state index in [1.54, 1.807) is 24.3 Å². The third-order valence-electron chi connectivity index (χ3n) is 6.38. The van der Waals surface area contributed by atoms with Crippen molar-refractivity contribution in [1.29, 1.82) is 0 Å². The first kappa shape index (κ1) is 21.7. The number of amides is 1. The molecule has 5 rings (SSSR count). The van der Waals surface area contributed by atoms with Crippen molar-refractivity contribution < 1.29 is 4.79 Å². The third-order valence-corrected chi connectivity index (χ3v) is 6.61. The van der Waals surface area contributed by atoms with Gasteiger partial charge in [0.25, 0.3) is 5.91 Å². The van der Waals surface area contributed by atoms with Crippen LogP contribution in [0.5, 0.6) is 0 Å². The second kappa shape index (κ2) is 9.38.